The minimum Gasteiger partial charge on any atom is -0.493 e. The molecule has 0 radical (unpaired) electrons. The molecule has 5 heteroatoms. The SMILES string of the molecule is CCc1cccc(N2CC=C3N=CC=C(c4ccc(OC)c(OC)c4)N32)c1. The van der Waals surface area contributed by atoms with Gasteiger partial charge in [0.15, 0.2) is 11.5 Å². The molecule has 0 amide bonds. The van der Waals surface area contributed by atoms with Crippen LogP contribution in [0.2, 0.25) is 0 Å². The molecular formula is C22H23N3O2. The van der Waals surface area contributed by atoms with Gasteiger partial charge in [-0.15, -0.1) is 0 Å². The number of aliphatic imine (C=N–C) groups is 1. The van der Waals surface area contributed by atoms with Gasteiger partial charge in [0.25, 0.3) is 0 Å². The van der Waals surface area contributed by atoms with Gasteiger partial charge in [-0.25, -0.2) is 10.0 Å². The number of methoxy groups -OCH3 is 2. The fourth-order valence-corrected chi connectivity index (χ4v) is 3.45. The molecule has 0 aromatic heterocycles. The van der Waals surface area contributed by atoms with E-state index in [-0.39, 0.29) is 0 Å². The Morgan fingerprint density at radius 1 is 1.04 bits per heavy atom. The Balaban J connectivity index is 1.74. The maximum absolute atomic E-state index is 5.49. The van der Waals surface area contributed by atoms with E-state index in [1.807, 2.05) is 30.5 Å². The summed E-state index contributed by atoms with van der Waals surface area (Å²) in [5.41, 5.74) is 4.57. The van der Waals surface area contributed by atoms with E-state index in [0.29, 0.717) is 5.75 Å². The fraction of sp³-hybridized carbons (Fsp3) is 0.227. The highest BCUT2D eigenvalue weighted by molar-refractivity contribution is 5.88. The summed E-state index contributed by atoms with van der Waals surface area (Å²) >= 11 is 0. The van der Waals surface area contributed by atoms with Crippen LogP contribution in [0.4, 0.5) is 5.69 Å². The van der Waals surface area contributed by atoms with E-state index in [4.69, 9.17) is 9.47 Å². The molecule has 2 aliphatic rings. The van der Waals surface area contributed by atoms with Crippen molar-refractivity contribution in [2.24, 2.45) is 4.99 Å². The molecule has 2 aliphatic heterocycles. The average molecular weight is 361 g/mol. The number of hydrazine groups is 1. The zero-order chi connectivity index (χ0) is 18.8. The van der Waals surface area contributed by atoms with E-state index in [0.717, 1.165) is 41.5 Å². The molecule has 0 saturated heterocycles. The van der Waals surface area contributed by atoms with E-state index >= 15 is 0 Å². The smallest absolute Gasteiger partial charge is 0.161 e. The van der Waals surface area contributed by atoms with Crippen LogP contribution in [0.5, 0.6) is 11.5 Å². The maximum Gasteiger partial charge on any atom is 0.161 e. The molecule has 0 aliphatic carbocycles. The van der Waals surface area contributed by atoms with Crippen molar-refractivity contribution in [3.05, 3.63) is 71.6 Å². The Labute approximate surface area is 159 Å². The van der Waals surface area contributed by atoms with E-state index in [2.05, 4.69) is 52.3 Å². The van der Waals surface area contributed by atoms with Crippen LogP contribution in [0.15, 0.2) is 65.4 Å². The number of rotatable bonds is 5. The van der Waals surface area contributed by atoms with Gasteiger partial charge in [-0.05, 0) is 54.5 Å². The van der Waals surface area contributed by atoms with Crippen LogP contribution in [0, 0.1) is 0 Å². The minimum atomic E-state index is 0.711. The number of benzene rings is 2. The second kappa shape index (κ2) is 7.19. The Morgan fingerprint density at radius 2 is 1.89 bits per heavy atom. The Hall–Kier alpha value is -3.21. The molecule has 0 atom stereocenters. The molecule has 0 bridgehead atoms. The van der Waals surface area contributed by atoms with Crippen molar-refractivity contribution in [3.63, 3.8) is 0 Å². The number of aryl methyl sites for hydroxylation is 1. The Bertz CT molecular complexity index is 946. The average Bonchev–Trinajstić information content (AvgIpc) is 3.17. The zero-order valence-corrected chi connectivity index (χ0v) is 15.8. The molecule has 0 unspecified atom stereocenters. The summed E-state index contributed by atoms with van der Waals surface area (Å²) in [6, 6.07) is 14.6. The lowest BCUT2D eigenvalue weighted by Crippen LogP contribution is -2.37. The number of fused-ring (bicyclic) bond motifs is 1. The molecule has 2 heterocycles. The minimum absolute atomic E-state index is 0.711. The third-order valence-electron chi connectivity index (χ3n) is 4.87. The van der Waals surface area contributed by atoms with Gasteiger partial charge in [-0.2, -0.15) is 0 Å². The number of nitrogens with zero attached hydrogens (tertiary/aromatic N) is 3. The summed E-state index contributed by atoms with van der Waals surface area (Å²) in [6.07, 6.45) is 7.03. The first-order valence-electron chi connectivity index (χ1n) is 9.08. The highest BCUT2D eigenvalue weighted by atomic mass is 16.5. The normalized spacial score (nSPS) is 15.4. The van der Waals surface area contributed by atoms with Crippen LogP contribution in [-0.2, 0) is 6.42 Å². The first-order valence-corrected chi connectivity index (χ1v) is 9.08. The summed E-state index contributed by atoms with van der Waals surface area (Å²) in [6.45, 7) is 2.96. The molecule has 0 N–H and O–H groups in total. The third-order valence-corrected chi connectivity index (χ3v) is 4.87. The summed E-state index contributed by atoms with van der Waals surface area (Å²) in [5.74, 6) is 2.36. The quantitative estimate of drug-likeness (QED) is 0.797. The van der Waals surface area contributed by atoms with Gasteiger partial charge in [-0.1, -0.05) is 19.1 Å². The number of anilines is 1. The molecule has 0 saturated carbocycles. The number of hydrogen-bond acceptors (Lipinski definition) is 5. The third kappa shape index (κ3) is 3.05. The molecule has 0 spiro atoms. The van der Waals surface area contributed by atoms with Gasteiger partial charge in [0, 0.05) is 11.8 Å². The van der Waals surface area contributed by atoms with E-state index in [1.54, 1.807) is 14.2 Å². The van der Waals surface area contributed by atoms with E-state index < -0.39 is 0 Å². The monoisotopic (exact) mass is 361 g/mol. The lowest BCUT2D eigenvalue weighted by molar-refractivity contribution is 0.354. The molecule has 2 aromatic carbocycles. The number of ether oxygens (including phenoxy) is 2. The number of allylic oxidation sites excluding steroid dienone is 1. The van der Waals surface area contributed by atoms with Gasteiger partial charge in [-0.3, -0.25) is 5.01 Å². The van der Waals surface area contributed by atoms with Crippen LogP contribution >= 0.6 is 0 Å². The first kappa shape index (κ1) is 17.2. The predicted octanol–water partition coefficient (Wildman–Crippen LogP) is 4.27. The molecule has 2 aromatic rings. The van der Waals surface area contributed by atoms with E-state index in [1.165, 1.54) is 5.56 Å². The van der Waals surface area contributed by atoms with E-state index in [9.17, 15) is 0 Å². The molecule has 5 nitrogen and oxygen atoms in total. The van der Waals surface area contributed by atoms with Gasteiger partial charge >= 0.3 is 0 Å². The second-order valence-corrected chi connectivity index (χ2v) is 6.38. The molecular weight excluding hydrogens is 338 g/mol. The Kier molecular flexibility index (Phi) is 4.59. The van der Waals surface area contributed by atoms with Gasteiger partial charge in [0.1, 0.15) is 5.82 Å². The van der Waals surface area contributed by atoms with Crippen LogP contribution in [0.3, 0.4) is 0 Å². The lowest BCUT2D eigenvalue weighted by Gasteiger charge is -2.35. The second-order valence-electron chi connectivity index (χ2n) is 6.38. The summed E-state index contributed by atoms with van der Waals surface area (Å²) in [5, 5.41) is 4.41. The van der Waals surface area contributed by atoms with Crippen molar-refractivity contribution in [3.8, 4) is 11.5 Å². The van der Waals surface area contributed by atoms with Gasteiger partial charge in [0.05, 0.1) is 32.1 Å². The highest BCUT2D eigenvalue weighted by Crippen LogP contribution is 2.38. The van der Waals surface area contributed by atoms with Gasteiger partial charge in [0.2, 0.25) is 0 Å². The van der Waals surface area contributed by atoms with Crippen molar-refractivity contribution in [2.45, 2.75) is 13.3 Å². The zero-order valence-electron chi connectivity index (χ0n) is 15.8. The van der Waals surface area contributed by atoms with Crippen molar-refractivity contribution >= 4 is 17.6 Å². The summed E-state index contributed by atoms with van der Waals surface area (Å²) in [4.78, 5) is 4.55. The van der Waals surface area contributed by atoms with Crippen molar-refractivity contribution in [1.29, 1.82) is 0 Å². The topological polar surface area (TPSA) is 37.3 Å². The van der Waals surface area contributed by atoms with Crippen LogP contribution in [-0.4, -0.2) is 32.0 Å². The van der Waals surface area contributed by atoms with Crippen LogP contribution in [0.1, 0.15) is 18.1 Å². The fourth-order valence-electron chi connectivity index (χ4n) is 3.45. The van der Waals surface area contributed by atoms with Gasteiger partial charge < -0.3 is 9.47 Å². The molecule has 27 heavy (non-hydrogen) atoms. The van der Waals surface area contributed by atoms with Crippen molar-refractivity contribution in [2.75, 3.05) is 25.8 Å². The molecule has 138 valence electrons. The maximum atomic E-state index is 5.49. The lowest BCUT2D eigenvalue weighted by atomic mass is 10.1. The van der Waals surface area contributed by atoms with Crippen molar-refractivity contribution < 1.29 is 9.47 Å². The largest absolute Gasteiger partial charge is 0.493 e. The Morgan fingerprint density at radius 3 is 2.67 bits per heavy atom. The van der Waals surface area contributed by atoms with Crippen molar-refractivity contribution in [1.82, 2.24) is 5.01 Å². The summed E-state index contributed by atoms with van der Waals surface area (Å²) < 4.78 is 10.9. The predicted molar refractivity (Wildman–Crippen MR) is 109 cm³/mol. The first-order chi connectivity index (χ1) is 13.2. The highest BCUT2D eigenvalue weighted by Gasteiger charge is 2.30. The number of hydrogen-bond donors (Lipinski definition) is 0. The van der Waals surface area contributed by atoms with Crippen LogP contribution in [0.25, 0.3) is 5.70 Å². The summed E-state index contributed by atoms with van der Waals surface area (Å²) in [7, 11) is 3.30. The molecule has 0 fully saturated rings. The molecule has 4 rings (SSSR count). The standard InChI is InChI=1S/C22H23N3O2/c1-4-16-6-5-7-18(14-16)24-13-11-22-23-12-10-19(25(22)24)17-8-9-20(26-2)21(15-17)27-3/h5-12,14-15H,4,13H2,1-3H3. The van der Waals surface area contributed by atoms with Crippen LogP contribution < -0.4 is 14.5 Å².